The Kier molecular flexibility index (Phi) is 5.85. The summed E-state index contributed by atoms with van der Waals surface area (Å²) in [7, 11) is 0. The van der Waals surface area contributed by atoms with Crippen molar-refractivity contribution < 1.29 is 14.3 Å². The zero-order valence-corrected chi connectivity index (χ0v) is 14.2. The van der Waals surface area contributed by atoms with Gasteiger partial charge in [0.1, 0.15) is 0 Å². The molecule has 0 bridgehead atoms. The van der Waals surface area contributed by atoms with Crippen LogP contribution in [-0.2, 0) is 22.4 Å². The summed E-state index contributed by atoms with van der Waals surface area (Å²) in [5, 5.41) is 3.58. The van der Waals surface area contributed by atoms with Crippen molar-refractivity contribution >= 4 is 29.2 Å². The van der Waals surface area contributed by atoms with Crippen molar-refractivity contribution in [2.24, 2.45) is 5.73 Å². The average Bonchev–Trinajstić information content (AvgIpc) is 2.55. The number of ether oxygens (including phenoxy) is 1. The number of urea groups is 1. The van der Waals surface area contributed by atoms with E-state index in [2.05, 4.69) is 5.32 Å². The number of nitrogens with one attached hydrogen (secondary N) is 1. The van der Waals surface area contributed by atoms with E-state index in [4.69, 9.17) is 22.1 Å². The smallest absolute Gasteiger partial charge is 0.322 e. The summed E-state index contributed by atoms with van der Waals surface area (Å²) >= 11 is 6.25. The Morgan fingerprint density at radius 2 is 2.13 bits per heavy atom. The number of halogens is 1. The van der Waals surface area contributed by atoms with Gasteiger partial charge in [-0.2, -0.15) is 0 Å². The lowest BCUT2D eigenvalue weighted by Crippen LogP contribution is -2.51. The number of morpholine rings is 1. The third-order valence-electron chi connectivity index (χ3n) is 3.98. The summed E-state index contributed by atoms with van der Waals surface area (Å²) in [6, 6.07) is 3.50. The molecule has 2 rings (SSSR count). The van der Waals surface area contributed by atoms with Crippen LogP contribution >= 0.6 is 11.6 Å². The van der Waals surface area contributed by atoms with Crippen LogP contribution in [-0.4, -0.2) is 42.6 Å². The molecule has 3 N–H and O–H groups in total. The van der Waals surface area contributed by atoms with Crippen molar-refractivity contribution in [2.75, 3.05) is 25.0 Å². The molecule has 1 saturated heterocycles. The van der Waals surface area contributed by atoms with Crippen LogP contribution in [0.2, 0.25) is 5.02 Å². The number of carbonyl (C=O) groups is 2. The predicted molar refractivity (Wildman–Crippen MR) is 89.7 cm³/mol. The van der Waals surface area contributed by atoms with Gasteiger partial charge in [0.15, 0.2) is 6.10 Å². The molecule has 23 heavy (non-hydrogen) atoms. The molecule has 1 atom stereocenters. The number of rotatable bonds is 4. The van der Waals surface area contributed by atoms with E-state index in [1.54, 1.807) is 4.90 Å². The minimum Gasteiger partial charge on any atom is -0.367 e. The minimum absolute atomic E-state index is 0.157. The highest BCUT2D eigenvalue weighted by atomic mass is 35.5. The van der Waals surface area contributed by atoms with Gasteiger partial charge in [-0.05, 0) is 30.0 Å². The van der Waals surface area contributed by atoms with Gasteiger partial charge in [0.2, 0.25) is 5.91 Å². The fourth-order valence-corrected chi connectivity index (χ4v) is 2.95. The molecule has 0 spiro atoms. The van der Waals surface area contributed by atoms with E-state index >= 15 is 0 Å². The number of hydrogen-bond acceptors (Lipinski definition) is 3. The second-order valence-corrected chi connectivity index (χ2v) is 5.81. The Morgan fingerprint density at radius 3 is 2.74 bits per heavy atom. The van der Waals surface area contributed by atoms with Crippen molar-refractivity contribution in [3.8, 4) is 0 Å². The standard InChI is InChI=1S/C16H22ClN3O3/c1-3-10-5-6-12(17)11(4-2)14(10)19-16(22)20-7-8-23-13(9-20)15(18)21/h5-6,13H,3-4,7-9H2,1-2H3,(H2,18,21)(H,19,22)/t13-/m0/s1. The number of benzene rings is 1. The van der Waals surface area contributed by atoms with E-state index in [0.29, 0.717) is 11.6 Å². The van der Waals surface area contributed by atoms with Crippen LogP contribution in [0.1, 0.15) is 25.0 Å². The highest BCUT2D eigenvalue weighted by Crippen LogP contribution is 2.29. The van der Waals surface area contributed by atoms with Crippen molar-refractivity contribution in [3.63, 3.8) is 0 Å². The molecule has 0 aromatic heterocycles. The molecule has 1 heterocycles. The number of aryl methyl sites for hydroxylation is 1. The van der Waals surface area contributed by atoms with Gasteiger partial charge >= 0.3 is 6.03 Å². The molecular weight excluding hydrogens is 318 g/mol. The number of anilines is 1. The first kappa shape index (κ1) is 17.6. The maximum Gasteiger partial charge on any atom is 0.322 e. The van der Waals surface area contributed by atoms with E-state index in [1.165, 1.54) is 0 Å². The molecule has 1 aromatic rings. The third-order valence-corrected chi connectivity index (χ3v) is 4.33. The monoisotopic (exact) mass is 339 g/mol. The summed E-state index contributed by atoms with van der Waals surface area (Å²) in [5.41, 5.74) is 7.96. The Balaban J connectivity index is 2.20. The van der Waals surface area contributed by atoms with Crippen LogP contribution in [0, 0.1) is 0 Å². The van der Waals surface area contributed by atoms with Crippen LogP contribution in [0.25, 0.3) is 0 Å². The number of carbonyl (C=O) groups excluding carboxylic acids is 2. The lowest BCUT2D eigenvalue weighted by molar-refractivity contribution is -0.133. The SMILES string of the molecule is CCc1ccc(Cl)c(CC)c1NC(=O)N1CCO[C@H](C(N)=O)C1. The summed E-state index contributed by atoms with van der Waals surface area (Å²) in [6.07, 6.45) is 0.743. The first-order chi connectivity index (χ1) is 11.0. The molecule has 1 fully saturated rings. The van der Waals surface area contributed by atoms with E-state index in [-0.39, 0.29) is 19.2 Å². The first-order valence-electron chi connectivity index (χ1n) is 7.75. The molecule has 1 aromatic carbocycles. The van der Waals surface area contributed by atoms with Gasteiger partial charge < -0.3 is 20.7 Å². The average molecular weight is 340 g/mol. The number of nitrogens with two attached hydrogens (primary N) is 1. The summed E-state index contributed by atoms with van der Waals surface area (Å²) < 4.78 is 5.26. The van der Waals surface area contributed by atoms with E-state index in [1.807, 2.05) is 26.0 Å². The van der Waals surface area contributed by atoms with Gasteiger partial charge in [0, 0.05) is 11.6 Å². The fraction of sp³-hybridized carbons (Fsp3) is 0.500. The largest absolute Gasteiger partial charge is 0.367 e. The van der Waals surface area contributed by atoms with Crippen LogP contribution in [0.15, 0.2) is 12.1 Å². The highest BCUT2D eigenvalue weighted by Gasteiger charge is 2.28. The van der Waals surface area contributed by atoms with Gasteiger partial charge in [-0.25, -0.2) is 4.79 Å². The van der Waals surface area contributed by atoms with Crippen molar-refractivity contribution in [1.29, 1.82) is 0 Å². The summed E-state index contributed by atoms with van der Waals surface area (Å²) in [4.78, 5) is 25.3. The molecule has 6 nitrogen and oxygen atoms in total. The second kappa shape index (κ2) is 7.66. The second-order valence-electron chi connectivity index (χ2n) is 5.41. The van der Waals surface area contributed by atoms with E-state index in [9.17, 15) is 9.59 Å². The Morgan fingerprint density at radius 1 is 1.39 bits per heavy atom. The molecule has 3 amide bonds. The Bertz CT molecular complexity index is 606. The number of hydrogen-bond donors (Lipinski definition) is 2. The van der Waals surface area contributed by atoms with Gasteiger partial charge in [-0.15, -0.1) is 0 Å². The number of amides is 3. The summed E-state index contributed by atoms with van der Waals surface area (Å²) in [6.45, 7) is 4.88. The lowest BCUT2D eigenvalue weighted by Gasteiger charge is -2.32. The lowest BCUT2D eigenvalue weighted by atomic mass is 10.0. The van der Waals surface area contributed by atoms with Crippen LogP contribution in [0.5, 0.6) is 0 Å². The normalized spacial score (nSPS) is 17.9. The molecule has 0 saturated carbocycles. The van der Waals surface area contributed by atoms with Crippen LogP contribution in [0.3, 0.4) is 0 Å². The van der Waals surface area contributed by atoms with Gasteiger partial charge in [-0.1, -0.05) is 31.5 Å². The van der Waals surface area contributed by atoms with Crippen LogP contribution in [0.4, 0.5) is 10.5 Å². The molecule has 0 radical (unpaired) electrons. The molecular formula is C16H22ClN3O3. The van der Waals surface area contributed by atoms with Crippen molar-refractivity contribution in [1.82, 2.24) is 4.90 Å². The maximum absolute atomic E-state index is 12.5. The minimum atomic E-state index is -0.759. The molecule has 0 unspecified atom stereocenters. The number of nitrogens with zero attached hydrogens (tertiary/aromatic N) is 1. The quantitative estimate of drug-likeness (QED) is 0.881. The number of primary amides is 1. The Labute approximate surface area is 140 Å². The zero-order valence-electron chi connectivity index (χ0n) is 13.4. The molecule has 1 aliphatic rings. The topological polar surface area (TPSA) is 84.7 Å². The fourth-order valence-electron chi connectivity index (χ4n) is 2.66. The zero-order chi connectivity index (χ0) is 17.0. The molecule has 7 heteroatoms. The predicted octanol–water partition coefficient (Wildman–Crippen LogP) is 2.18. The van der Waals surface area contributed by atoms with Gasteiger partial charge in [0.25, 0.3) is 0 Å². The van der Waals surface area contributed by atoms with Crippen molar-refractivity contribution in [2.45, 2.75) is 32.8 Å². The first-order valence-corrected chi connectivity index (χ1v) is 8.12. The summed E-state index contributed by atoms with van der Waals surface area (Å²) in [5.74, 6) is -0.561. The van der Waals surface area contributed by atoms with Gasteiger partial charge in [0.05, 0.1) is 18.8 Å². The molecule has 126 valence electrons. The van der Waals surface area contributed by atoms with Crippen molar-refractivity contribution in [3.05, 3.63) is 28.3 Å². The van der Waals surface area contributed by atoms with Gasteiger partial charge in [-0.3, -0.25) is 4.79 Å². The van der Waals surface area contributed by atoms with E-state index in [0.717, 1.165) is 29.7 Å². The maximum atomic E-state index is 12.5. The Hall–Kier alpha value is -1.79. The molecule has 0 aliphatic carbocycles. The van der Waals surface area contributed by atoms with E-state index < -0.39 is 12.0 Å². The van der Waals surface area contributed by atoms with Crippen LogP contribution < -0.4 is 11.1 Å². The molecule has 1 aliphatic heterocycles. The highest BCUT2D eigenvalue weighted by molar-refractivity contribution is 6.32. The third kappa shape index (κ3) is 3.95.